The molecular weight excluding hydrogens is 327 g/mol. The van der Waals surface area contributed by atoms with Crippen LogP contribution in [0, 0.1) is 0 Å². The van der Waals surface area contributed by atoms with Gasteiger partial charge in [-0.2, -0.15) is 0 Å². The highest BCUT2D eigenvalue weighted by atomic mass is 35.5. The summed E-state index contributed by atoms with van der Waals surface area (Å²) in [6, 6.07) is 4.12. The summed E-state index contributed by atoms with van der Waals surface area (Å²) in [6.07, 6.45) is 0. The Hall–Kier alpha value is -1.11. The standard InChI is InChI=1S/C12H12Cl2O5S/c1-7(20(17,18)6-11(15)19-2)12(16)9-4-3-8(13)5-10(9)14/h3-5,7H,6H2,1-2H3. The average molecular weight is 339 g/mol. The molecule has 1 unspecified atom stereocenters. The second-order valence-electron chi connectivity index (χ2n) is 4.01. The van der Waals surface area contributed by atoms with Crippen LogP contribution in [0.15, 0.2) is 18.2 Å². The molecule has 1 rings (SSSR count). The Morgan fingerprint density at radius 2 is 1.90 bits per heavy atom. The molecule has 0 N–H and O–H groups in total. The summed E-state index contributed by atoms with van der Waals surface area (Å²) in [4.78, 5) is 23.2. The van der Waals surface area contributed by atoms with Gasteiger partial charge in [-0.1, -0.05) is 23.2 Å². The Labute approximate surface area is 126 Å². The molecule has 1 aromatic rings. The van der Waals surface area contributed by atoms with Crippen LogP contribution in [0.4, 0.5) is 0 Å². The number of benzene rings is 1. The molecular formula is C12H12Cl2O5S. The van der Waals surface area contributed by atoms with Crippen molar-refractivity contribution in [1.29, 1.82) is 0 Å². The van der Waals surface area contributed by atoms with Crippen molar-refractivity contribution in [3.63, 3.8) is 0 Å². The zero-order valence-corrected chi connectivity index (χ0v) is 13.1. The molecule has 0 fully saturated rings. The highest BCUT2D eigenvalue weighted by Gasteiger charge is 2.32. The topological polar surface area (TPSA) is 77.5 Å². The number of rotatable bonds is 5. The number of carbonyl (C=O) groups excluding carboxylic acids is 2. The normalized spacial score (nSPS) is 12.8. The molecule has 1 aromatic carbocycles. The quantitative estimate of drug-likeness (QED) is 0.607. The zero-order chi connectivity index (χ0) is 15.5. The van der Waals surface area contributed by atoms with Gasteiger partial charge in [-0.05, 0) is 25.1 Å². The SMILES string of the molecule is COC(=O)CS(=O)(=O)C(C)C(=O)c1ccc(Cl)cc1Cl. The Morgan fingerprint density at radius 3 is 2.40 bits per heavy atom. The molecule has 110 valence electrons. The van der Waals surface area contributed by atoms with Crippen molar-refractivity contribution in [2.24, 2.45) is 0 Å². The van der Waals surface area contributed by atoms with Crippen molar-refractivity contribution in [2.45, 2.75) is 12.2 Å². The van der Waals surface area contributed by atoms with Crippen LogP contribution in [-0.2, 0) is 19.4 Å². The largest absolute Gasteiger partial charge is 0.468 e. The predicted octanol–water partition coefficient (Wildman–Crippen LogP) is 2.15. The molecule has 0 bridgehead atoms. The summed E-state index contributed by atoms with van der Waals surface area (Å²) < 4.78 is 28.1. The van der Waals surface area contributed by atoms with Gasteiger partial charge in [0.2, 0.25) is 0 Å². The summed E-state index contributed by atoms with van der Waals surface area (Å²) in [5.41, 5.74) is 0.0389. The third kappa shape index (κ3) is 3.94. The monoisotopic (exact) mass is 338 g/mol. The first-order valence-corrected chi connectivity index (χ1v) is 7.94. The van der Waals surface area contributed by atoms with Gasteiger partial charge in [0.1, 0.15) is 11.0 Å². The predicted molar refractivity (Wildman–Crippen MR) is 76.1 cm³/mol. The van der Waals surface area contributed by atoms with E-state index in [4.69, 9.17) is 23.2 Å². The van der Waals surface area contributed by atoms with E-state index in [2.05, 4.69) is 4.74 Å². The zero-order valence-electron chi connectivity index (χ0n) is 10.7. The minimum absolute atomic E-state index is 0.0389. The lowest BCUT2D eigenvalue weighted by Crippen LogP contribution is -2.32. The Balaban J connectivity index is 3.05. The third-order valence-corrected chi connectivity index (χ3v) is 5.13. The lowest BCUT2D eigenvalue weighted by Gasteiger charge is -2.12. The number of esters is 1. The number of Topliss-reactive ketones (excluding diaryl/α,β-unsaturated/α-hetero) is 1. The van der Waals surface area contributed by atoms with Crippen LogP contribution in [-0.4, -0.2) is 38.3 Å². The molecule has 0 aliphatic heterocycles. The average Bonchev–Trinajstić information content (AvgIpc) is 2.36. The lowest BCUT2D eigenvalue weighted by molar-refractivity contribution is -0.137. The van der Waals surface area contributed by atoms with Crippen LogP contribution < -0.4 is 0 Å². The molecule has 0 saturated heterocycles. The number of hydrogen-bond acceptors (Lipinski definition) is 5. The van der Waals surface area contributed by atoms with Gasteiger partial charge >= 0.3 is 5.97 Å². The van der Waals surface area contributed by atoms with Gasteiger partial charge in [-0.15, -0.1) is 0 Å². The highest BCUT2D eigenvalue weighted by molar-refractivity contribution is 7.93. The van der Waals surface area contributed by atoms with E-state index < -0.39 is 32.6 Å². The van der Waals surface area contributed by atoms with Crippen LogP contribution in [0.3, 0.4) is 0 Å². The molecule has 5 nitrogen and oxygen atoms in total. The molecule has 0 spiro atoms. The van der Waals surface area contributed by atoms with Gasteiger partial charge in [0, 0.05) is 10.6 Å². The van der Waals surface area contributed by atoms with Crippen LogP contribution in [0.5, 0.6) is 0 Å². The van der Waals surface area contributed by atoms with Crippen molar-refractivity contribution in [2.75, 3.05) is 12.9 Å². The van der Waals surface area contributed by atoms with Gasteiger partial charge in [0.05, 0.1) is 12.1 Å². The first kappa shape index (κ1) is 16.9. The Bertz CT molecular complexity index is 639. The first-order valence-electron chi connectivity index (χ1n) is 5.46. The fraction of sp³-hybridized carbons (Fsp3) is 0.333. The van der Waals surface area contributed by atoms with E-state index in [0.717, 1.165) is 7.11 Å². The molecule has 0 heterocycles. The van der Waals surface area contributed by atoms with Gasteiger partial charge < -0.3 is 4.74 Å². The molecule has 20 heavy (non-hydrogen) atoms. The number of carbonyl (C=O) groups is 2. The van der Waals surface area contributed by atoms with E-state index in [1.54, 1.807) is 0 Å². The van der Waals surface area contributed by atoms with Crippen molar-refractivity contribution in [1.82, 2.24) is 0 Å². The number of ether oxygens (including phenoxy) is 1. The van der Waals surface area contributed by atoms with E-state index in [9.17, 15) is 18.0 Å². The third-order valence-electron chi connectivity index (χ3n) is 2.65. The summed E-state index contributed by atoms with van der Waals surface area (Å²) in [6.45, 7) is 1.20. The molecule has 1 atom stereocenters. The van der Waals surface area contributed by atoms with E-state index >= 15 is 0 Å². The molecule has 0 aliphatic rings. The number of methoxy groups -OCH3 is 1. The maximum absolute atomic E-state index is 12.1. The van der Waals surface area contributed by atoms with E-state index in [0.29, 0.717) is 5.02 Å². The molecule has 0 radical (unpaired) electrons. The van der Waals surface area contributed by atoms with Gasteiger partial charge in [-0.25, -0.2) is 8.42 Å². The minimum atomic E-state index is -3.96. The molecule has 0 amide bonds. The van der Waals surface area contributed by atoms with E-state index in [1.165, 1.54) is 25.1 Å². The minimum Gasteiger partial charge on any atom is -0.468 e. The fourth-order valence-electron chi connectivity index (χ4n) is 1.42. The van der Waals surface area contributed by atoms with Crippen LogP contribution in [0.25, 0.3) is 0 Å². The van der Waals surface area contributed by atoms with Crippen molar-refractivity contribution in [3.8, 4) is 0 Å². The fourth-order valence-corrected chi connectivity index (χ4v) is 3.07. The summed E-state index contributed by atoms with van der Waals surface area (Å²) in [5.74, 6) is -2.48. The second kappa shape index (κ2) is 6.56. The lowest BCUT2D eigenvalue weighted by atomic mass is 10.1. The number of hydrogen-bond donors (Lipinski definition) is 0. The maximum atomic E-state index is 12.1. The molecule has 0 aliphatic carbocycles. The van der Waals surface area contributed by atoms with Gasteiger partial charge in [0.15, 0.2) is 15.6 Å². The van der Waals surface area contributed by atoms with E-state index in [-0.39, 0.29) is 10.6 Å². The smallest absolute Gasteiger partial charge is 0.320 e. The van der Waals surface area contributed by atoms with Crippen molar-refractivity contribution in [3.05, 3.63) is 33.8 Å². The summed E-state index contributed by atoms with van der Waals surface area (Å²) >= 11 is 11.6. The maximum Gasteiger partial charge on any atom is 0.320 e. The summed E-state index contributed by atoms with van der Waals surface area (Å²) in [5, 5.41) is -1.01. The van der Waals surface area contributed by atoms with Crippen LogP contribution >= 0.6 is 23.2 Å². The van der Waals surface area contributed by atoms with Gasteiger partial charge in [0.25, 0.3) is 0 Å². The van der Waals surface area contributed by atoms with Gasteiger partial charge in [-0.3, -0.25) is 9.59 Å². The number of halogens is 2. The Morgan fingerprint density at radius 1 is 1.30 bits per heavy atom. The second-order valence-corrected chi connectivity index (χ2v) is 7.18. The Kier molecular flexibility index (Phi) is 5.56. The number of ketones is 1. The number of sulfone groups is 1. The highest BCUT2D eigenvalue weighted by Crippen LogP contribution is 2.23. The summed E-state index contributed by atoms with van der Waals surface area (Å²) in [7, 11) is -2.89. The van der Waals surface area contributed by atoms with E-state index in [1.807, 2.05) is 0 Å². The van der Waals surface area contributed by atoms with Crippen molar-refractivity contribution >= 4 is 44.8 Å². The molecule has 0 saturated carbocycles. The van der Waals surface area contributed by atoms with Crippen LogP contribution in [0.2, 0.25) is 10.0 Å². The first-order chi connectivity index (χ1) is 9.19. The van der Waals surface area contributed by atoms with Crippen LogP contribution in [0.1, 0.15) is 17.3 Å². The molecule has 0 aromatic heterocycles. The molecule has 8 heteroatoms. The van der Waals surface area contributed by atoms with Crippen molar-refractivity contribution < 1.29 is 22.7 Å².